The summed E-state index contributed by atoms with van der Waals surface area (Å²) in [6.45, 7) is 2.70. The summed E-state index contributed by atoms with van der Waals surface area (Å²) in [5, 5.41) is 11.5. The Labute approximate surface area is 189 Å². The molecule has 170 valence electrons. The zero-order valence-electron chi connectivity index (χ0n) is 18.6. The fraction of sp³-hybridized carbons (Fsp3) is 0.400. The molecule has 1 saturated carbocycles. The molecule has 1 aliphatic rings. The molecule has 1 aliphatic carbocycles. The minimum absolute atomic E-state index is 0.0881. The Balaban J connectivity index is 1.60. The van der Waals surface area contributed by atoms with E-state index in [1.165, 1.54) is 0 Å². The average Bonchev–Trinajstić information content (AvgIpc) is 2.81. The Morgan fingerprint density at radius 2 is 1.47 bits per heavy atom. The van der Waals surface area contributed by atoms with Crippen LogP contribution >= 0.6 is 0 Å². The summed E-state index contributed by atoms with van der Waals surface area (Å²) < 4.78 is 0. The number of rotatable bonds is 8. The molecular weight excluding hydrogens is 404 g/mol. The van der Waals surface area contributed by atoms with Gasteiger partial charge in [-0.3, -0.25) is 9.59 Å². The zero-order valence-corrected chi connectivity index (χ0v) is 18.6. The van der Waals surface area contributed by atoms with Gasteiger partial charge < -0.3 is 21.3 Å². The van der Waals surface area contributed by atoms with Crippen molar-refractivity contribution in [2.75, 3.05) is 17.2 Å². The summed E-state index contributed by atoms with van der Waals surface area (Å²) in [7, 11) is 0. The second-order valence-electron chi connectivity index (χ2n) is 8.23. The Morgan fingerprint density at radius 1 is 0.844 bits per heavy atom. The molecule has 3 rings (SSSR count). The van der Waals surface area contributed by atoms with Crippen molar-refractivity contribution in [1.29, 1.82) is 0 Å². The van der Waals surface area contributed by atoms with Crippen molar-refractivity contribution in [1.82, 2.24) is 10.6 Å². The number of amides is 4. The summed E-state index contributed by atoms with van der Waals surface area (Å²) in [5.74, 6) is -0.368. The highest BCUT2D eigenvalue weighted by Crippen LogP contribution is 2.29. The Kier molecular flexibility index (Phi) is 8.25. The van der Waals surface area contributed by atoms with E-state index in [1.807, 2.05) is 18.2 Å². The Bertz CT molecular complexity index is 907. The molecule has 2 aromatic rings. The van der Waals surface area contributed by atoms with E-state index in [9.17, 15) is 14.4 Å². The number of urea groups is 1. The summed E-state index contributed by atoms with van der Waals surface area (Å²) in [6, 6.07) is 15.4. The maximum Gasteiger partial charge on any atom is 0.323 e. The molecule has 4 N–H and O–H groups in total. The molecule has 7 heteroatoms. The van der Waals surface area contributed by atoms with Crippen LogP contribution in [0.3, 0.4) is 0 Å². The summed E-state index contributed by atoms with van der Waals surface area (Å²) in [6.07, 6.45) is 6.13. The lowest BCUT2D eigenvalue weighted by Crippen LogP contribution is -2.59. The molecule has 1 fully saturated rings. The molecule has 7 nitrogen and oxygen atoms in total. The van der Waals surface area contributed by atoms with Gasteiger partial charge in [-0.25, -0.2) is 4.79 Å². The predicted molar refractivity (Wildman–Crippen MR) is 127 cm³/mol. The number of nitrogens with one attached hydrogen (secondary N) is 4. The predicted octanol–water partition coefficient (Wildman–Crippen LogP) is 4.68. The standard InChI is InChI=1S/C25H32N4O3/c1-2-3-18-26-23(31)25(16-8-5-9-17-25)29-22(30)19-12-14-21(15-13-19)28-24(32)27-20-10-6-4-7-11-20/h4,6-7,10-15H,2-3,5,8-9,16-18H2,1H3,(H,26,31)(H,29,30)(H2,27,28,32). The van der Waals surface area contributed by atoms with E-state index in [2.05, 4.69) is 28.2 Å². The molecule has 0 spiro atoms. The third-order valence-electron chi connectivity index (χ3n) is 5.75. The number of benzene rings is 2. The van der Waals surface area contributed by atoms with Crippen LogP contribution in [0.2, 0.25) is 0 Å². The number of para-hydroxylation sites is 1. The second kappa shape index (κ2) is 11.3. The van der Waals surface area contributed by atoms with Gasteiger partial charge in [0.05, 0.1) is 0 Å². The first kappa shape index (κ1) is 23.3. The van der Waals surface area contributed by atoms with Gasteiger partial charge in [-0.05, 0) is 55.7 Å². The molecule has 4 amide bonds. The molecule has 32 heavy (non-hydrogen) atoms. The molecule has 0 aliphatic heterocycles. The number of hydrogen-bond acceptors (Lipinski definition) is 3. The van der Waals surface area contributed by atoms with E-state index in [0.717, 1.165) is 32.1 Å². The van der Waals surface area contributed by atoms with Crippen molar-refractivity contribution in [3.8, 4) is 0 Å². The van der Waals surface area contributed by atoms with E-state index >= 15 is 0 Å². The first-order valence-electron chi connectivity index (χ1n) is 11.4. The number of carbonyl (C=O) groups excluding carboxylic acids is 3. The first-order valence-corrected chi connectivity index (χ1v) is 11.4. The van der Waals surface area contributed by atoms with Crippen molar-refractivity contribution in [2.24, 2.45) is 0 Å². The van der Waals surface area contributed by atoms with Crippen LogP contribution in [0.4, 0.5) is 16.2 Å². The van der Waals surface area contributed by atoms with Gasteiger partial charge >= 0.3 is 6.03 Å². The Hall–Kier alpha value is -3.35. The molecular formula is C25H32N4O3. The van der Waals surface area contributed by atoms with Gasteiger partial charge in [0.2, 0.25) is 5.91 Å². The zero-order chi connectivity index (χ0) is 22.8. The van der Waals surface area contributed by atoms with Gasteiger partial charge in [0, 0.05) is 23.5 Å². The van der Waals surface area contributed by atoms with Crippen LogP contribution in [-0.2, 0) is 4.79 Å². The van der Waals surface area contributed by atoms with Crippen LogP contribution in [0, 0.1) is 0 Å². The highest BCUT2D eigenvalue weighted by atomic mass is 16.2. The van der Waals surface area contributed by atoms with Crippen molar-refractivity contribution in [3.05, 3.63) is 60.2 Å². The maximum absolute atomic E-state index is 12.9. The molecule has 0 heterocycles. The second-order valence-corrected chi connectivity index (χ2v) is 8.23. The van der Waals surface area contributed by atoms with Crippen LogP contribution in [0.15, 0.2) is 54.6 Å². The van der Waals surface area contributed by atoms with E-state index in [4.69, 9.17) is 0 Å². The smallest absolute Gasteiger partial charge is 0.323 e. The monoisotopic (exact) mass is 436 g/mol. The normalized spacial score (nSPS) is 14.8. The largest absolute Gasteiger partial charge is 0.354 e. The SMILES string of the molecule is CCCCNC(=O)C1(NC(=O)c2ccc(NC(=O)Nc3ccccc3)cc2)CCCCC1. The maximum atomic E-state index is 12.9. The molecule has 2 aromatic carbocycles. The van der Waals surface area contributed by atoms with Crippen molar-refractivity contribution in [3.63, 3.8) is 0 Å². The number of anilines is 2. The molecule has 0 saturated heterocycles. The molecule has 0 aromatic heterocycles. The third-order valence-corrected chi connectivity index (χ3v) is 5.75. The van der Waals surface area contributed by atoms with E-state index in [0.29, 0.717) is 36.3 Å². The van der Waals surface area contributed by atoms with Crippen LogP contribution in [-0.4, -0.2) is 29.9 Å². The summed E-state index contributed by atoms with van der Waals surface area (Å²) in [5.41, 5.74) is 0.858. The van der Waals surface area contributed by atoms with Crippen molar-refractivity contribution in [2.45, 2.75) is 57.4 Å². The topological polar surface area (TPSA) is 99.3 Å². The fourth-order valence-electron chi connectivity index (χ4n) is 3.92. The van der Waals surface area contributed by atoms with Gasteiger partial charge in [0.1, 0.15) is 5.54 Å². The van der Waals surface area contributed by atoms with Crippen molar-refractivity contribution >= 4 is 29.2 Å². The molecule has 0 radical (unpaired) electrons. The minimum atomic E-state index is -0.852. The molecule has 0 unspecified atom stereocenters. The van der Waals surface area contributed by atoms with Crippen LogP contribution in [0.1, 0.15) is 62.2 Å². The van der Waals surface area contributed by atoms with Gasteiger partial charge in [-0.15, -0.1) is 0 Å². The van der Waals surface area contributed by atoms with E-state index < -0.39 is 5.54 Å². The van der Waals surface area contributed by atoms with Crippen molar-refractivity contribution < 1.29 is 14.4 Å². The number of unbranched alkanes of at least 4 members (excludes halogenated alkanes) is 1. The van der Waals surface area contributed by atoms with Gasteiger partial charge in [0.15, 0.2) is 0 Å². The minimum Gasteiger partial charge on any atom is -0.354 e. The van der Waals surface area contributed by atoms with E-state index in [1.54, 1.807) is 36.4 Å². The first-order chi connectivity index (χ1) is 15.5. The quantitative estimate of drug-likeness (QED) is 0.452. The fourth-order valence-corrected chi connectivity index (χ4v) is 3.92. The van der Waals surface area contributed by atoms with E-state index in [-0.39, 0.29) is 17.8 Å². The van der Waals surface area contributed by atoms with Crippen LogP contribution in [0.5, 0.6) is 0 Å². The lowest BCUT2D eigenvalue weighted by molar-refractivity contribution is -0.128. The lowest BCUT2D eigenvalue weighted by atomic mass is 9.80. The number of carbonyl (C=O) groups is 3. The van der Waals surface area contributed by atoms with Gasteiger partial charge in [-0.2, -0.15) is 0 Å². The molecule has 0 atom stereocenters. The molecule has 0 bridgehead atoms. The number of hydrogen-bond donors (Lipinski definition) is 4. The Morgan fingerprint density at radius 3 is 2.09 bits per heavy atom. The van der Waals surface area contributed by atoms with Crippen LogP contribution < -0.4 is 21.3 Å². The van der Waals surface area contributed by atoms with Crippen LogP contribution in [0.25, 0.3) is 0 Å². The average molecular weight is 437 g/mol. The van der Waals surface area contributed by atoms with Gasteiger partial charge in [0.25, 0.3) is 5.91 Å². The van der Waals surface area contributed by atoms with Gasteiger partial charge in [-0.1, -0.05) is 50.8 Å². The highest BCUT2D eigenvalue weighted by Gasteiger charge is 2.40. The highest BCUT2D eigenvalue weighted by molar-refractivity contribution is 6.01. The third kappa shape index (κ3) is 6.33. The summed E-state index contributed by atoms with van der Waals surface area (Å²) >= 11 is 0. The summed E-state index contributed by atoms with van der Waals surface area (Å²) in [4.78, 5) is 38.0. The lowest BCUT2D eigenvalue weighted by Gasteiger charge is -2.36.